The van der Waals surface area contributed by atoms with Crippen LogP contribution in [0.1, 0.15) is 63.5 Å². The van der Waals surface area contributed by atoms with Crippen molar-refractivity contribution in [3.05, 3.63) is 30.1 Å². The number of likely N-dealkylation sites (tertiary alicyclic amines) is 1. The van der Waals surface area contributed by atoms with E-state index in [0.29, 0.717) is 11.9 Å². The molecule has 0 aromatic carbocycles. The van der Waals surface area contributed by atoms with Gasteiger partial charge in [-0.1, -0.05) is 25.3 Å². The molecule has 4 rings (SSSR count). The van der Waals surface area contributed by atoms with Gasteiger partial charge in [-0.05, 0) is 44.2 Å². The van der Waals surface area contributed by atoms with E-state index in [2.05, 4.69) is 28.2 Å². The number of carbonyl (C=O) groups is 2. The van der Waals surface area contributed by atoms with E-state index in [1.807, 2.05) is 22.1 Å². The van der Waals surface area contributed by atoms with Crippen molar-refractivity contribution >= 4 is 11.9 Å². The molecule has 2 aliphatic heterocycles. The molecular weight excluding hydrogens is 390 g/mol. The van der Waals surface area contributed by atoms with Crippen molar-refractivity contribution in [3.63, 3.8) is 0 Å². The lowest BCUT2D eigenvalue weighted by molar-refractivity contribution is -0.137. The normalized spacial score (nSPS) is 22.9. The highest BCUT2D eigenvalue weighted by molar-refractivity contribution is 5.79. The lowest BCUT2D eigenvalue weighted by Crippen LogP contribution is -2.55. The molecule has 7 heteroatoms. The predicted molar refractivity (Wildman–Crippen MR) is 121 cm³/mol. The molecule has 3 fully saturated rings. The minimum Gasteiger partial charge on any atom is -0.342 e. The molecule has 170 valence electrons. The van der Waals surface area contributed by atoms with Crippen molar-refractivity contribution in [2.45, 2.75) is 64.0 Å². The number of aromatic nitrogens is 1. The summed E-state index contributed by atoms with van der Waals surface area (Å²) in [7, 11) is 0. The van der Waals surface area contributed by atoms with E-state index in [1.54, 1.807) is 6.20 Å². The van der Waals surface area contributed by atoms with Crippen molar-refractivity contribution in [2.75, 3.05) is 39.3 Å². The maximum Gasteiger partial charge on any atom is 0.317 e. The SMILES string of the molecule is CC(c1cccnc1)N1CCN(C(=O)NC2CCN(C(=O)C3CCCCC3)CC2)CC1. The third-order valence-corrected chi connectivity index (χ3v) is 7.40. The van der Waals surface area contributed by atoms with Crippen molar-refractivity contribution in [2.24, 2.45) is 5.92 Å². The van der Waals surface area contributed by atoms with Crippen LogP contribution in [-0.2, 0) is 4.79 Å². The number of amides is 3. The first-order valence-electron chi connectivity index (χ1n) is 12.1. The van der Waals surface area contributed by atoms with Gasteiger partial charge in [-0.2, -0.15) is 0 Å². The maximum absolute atomic E-state index is 12.8. The largest absolute Gasteiger partial charge is 0.342 e. The molecule has 3 aliphatic rings. The van der Waals surface area contributed by atoms with E-state index in [-0.39, 0.29) is 18.0 Å². The van der Waals surface area contributed by atoms with Crippen LogP contribution in [0.5, 0.6) is 0 Å². The van der Waals surface area contributed by atoms with Crippen LogP contribution >= 0.6 is 0 Å². The summed E-state index contributed by atoms with van der Waals surface area (Å²) in [6, 6.07) is 4.62. The summed E-state index contributed by atoms with van der Waals surface area (Å²) in [6.07, 6.45) is 11.2. The standard InChI is InChI=1S/C24H37N5O2/c1-19(21-8-5-11-25-18-21)27-14-16-29(17-15-27)24(31)26-22-9-12-28(13-10-22)23(30)20-6-3-2-4-7-20/h5,8,11,18-20,22H,2-4,6-7,9-10,12-17H2,1H3,(H,26,31). The highest BCUT2D eigenvalue weighted by Gasteiger charge is 2.31. The van der Waals surface area contributed by atoms with Gasteiger partial charge in [-0.15, -0.1) is 0 Å². The average Bonchev–Trinajstić information content (AvgIpc) is 2.85. The second-order valence-electron chi connectivity index (χ2n) is 9.37. The first-order chi connectivity index (χ1) is 15.1. The fourth-order valence-electron chi connectivity index (χ4n) is 5.26. The van der Waals surface area contributed by atoms with E-state index >= 15 is 0 Å². The second kappa shape index (κ2) is 10.4. The van der Waals surface area contributed by atoms with Crippen LogP contribution in [0.15, 0.2) is 24.5 Å². The first-order valence-corrected chi connectivity index (χ1v) is 12.1. The van der Waals surface area contributed by atoms with Crippen LogP contribution < -0.4 is 5.32 Å². The molecule has 1 aromatic rings. The number of nitrogens with one attached hydrogen (secondary N) is 1. The molecule has 0 radical (unpaired) electrons. The van der Waals surface area contributed by atoms with E-state index in [1.165, 1.54) is 24.8 Å². The van der Waals surface area contributed by atoms with Crippen LogP contribution in [0.25, 0.3) is 0 Å². The summed E-state index contributed by atoms with van der Waals surface area (Å²) in [5, 5.41) is 3.22. The van der Waals surface area contributed by atoms with Gasteiger partial charge in [0.25, 0.3) is 0 Å². The third kappa shape index (κ3) is 5.56. The second-order valence-corrected chi connectivity index (χ2v) is 9.37. The molecule has 1 N–H and O–H groups in total. The molecule has 1 aromatic heterocycles. The molecule has 0 bridgehead atoms. The summed E-state index contributed by atoms with van der Waals surface area (Å²) in [4.78, 5) is 36.1. The number of rotatable bonds is 4. The average molecular weight is 428 g/mol. The quantitative estimate of drug-likeness (QED) is 0.802. The number of piperidine rings is 1. The molecular formula is C24H37N5O2. The van der Waals surface area contributed by atoms with E-state index in [9.17, 15) is 9.59 Å². The molecule has 1 aliphatic carbocycles. The molecule has 1 atom stereocenters. The summed E-state index contributed by atoms with van der Waals surface area (Å²) >= 11 is 0. The summed E-state index contributed by atoms with van der Waals surface area (Å²) in [5.41, 5.74) is 1.22. The van der Waals surface area contributed by atoms with Gasteiger partial charge in [0.15, 0.2) is 0 Å². The lowest BCUT2D eigenvalue weighted by Gasteiger charge is -2.39. The Balaban J connectivity index is 1.18. The Labute approximate surface area is 186 Å². The van der Waals surface area contributed by atoms with E-state index < -0.39 is 0 Å². The van der Waals surface area contributed by atoms with Gasteiger partial charge in [0.2, 0.25) is 5.91 Å². The van der Waals surface area contributed by atoms with Gasteiger partial charge < -0.3 is 15.1 Å². The molecule has 3 heterocycles. The highest BCUT2D eigenvalue weighted by Crippen LogP contribution is 2.27. The molecule has 2 saturated heterocycles. The fraction of sp³-hybridized carbons (Fsp3) is 0.708. The Hall–Kier alpha value is -2.15. The summed E-state index contributed by atoms with van der Waals surface area (Å²) in [5.74, 6) is 0.591. The van der Waals surface area contributed by atoms with Gasteiger partial charge in [0.1, 0.15) is 0 Å². The Kier molecular flexibility index (Phi) is 7.43. The molecule has 0 spiro atoms. The van der Waals surface area contributed by atoms with Crippen LogP contribution in [0.2, 0.25) is 0 Å². The zero-order valence-electron chi connectivity index (χ0n) is 18.8. The number of pyridine rings is 1. The van der Waals surface area contributed by atoms with Gasteiger partial charge in [0, 0.05) is 69.7 Å². The molecule has 1 unspecified atom stereocenters. The Morgan fingerprint density at radius 1 is 0.968 bits per heavy atom. The monoisotopic (exact) mass is 427 g/mol. The van der Waals surface area contributed by atoms with E-state index in [0.717, 1.165) is 65.0 Å². The van der Waals surface area contributed by atoms with Crippen molar-refractivity contribution < 1.29 is 9.59 Å². The van der Waals surface area contributed by atoms with Crippen LogP contribution in [-0.4, -0.2) is 76.9 Å². The van der Waals surface area contributed by atoms with E-state index in [4.69, 9.17) is 0 Å². The van der Waals surface area contributed by atoms with Gasteiger partial charge in [-0.25, -0.2) is 4.79 Å². The zero-order chi connectivity index (χ0) is 21.6. The highest BCUT2D eigenvalue weighted by atomic mass is 16.2. The van der Waals surface area contributed by atoms with Crippen molar-refractivity contribution in [1.29, 1.82) is 0 Å². The van der Waals surface area contributed by atoms with Crippen LogP contribution in [0.4, 0.5) is 4.79 Å². The molecule has 31 heavy (non-hydrogen) atoms. The number of carbonyl (C=O) groups excluding carboxylic acids is 2. The Bertz CT molecular complexity index is 721. The smallest absolute Gasteiger partial charge is 0.317 e. The van der Waals surface area contributed by atoms with Crippen molar-refractivity contribution in [1.82, 2.24) is 25.0 Å². The number of nitrogens with zero attached hydrogens (tertiary/aromatic N) is 4. The number of urea groups is 1. The third-order valence-electron chi connectivity index (χ3n) is 7.40. The van der Waals surface area contributed by atoms with Gasteiger partial charge in [-0.3, -0.25) is 14.7 Å². The molecule has 1 saturated carbocycles. The molecule has 3 amide bonds. The zero-order valence-corrected chi connectivity index (χ0v) is 18.8. The summed E-state index contributed by atoms with van der Waals surface area (Å²) < 4.78 is 0. The number of hydrogen-bond donors (Lipinski definition) is 1. The van der Waals surface area contributed by atoms with Gasteiger partial charge in [0.05, 0.1) is 0 Å². The van der Waals surface area contributed by atoms with Crippen LogP contribution in [0.3, 0.4) is 0 Å². The first kappa shape index (κ1) is 22.1. The van der Waals surface area contributed by atoms with Gasteiger partial charge >= 0.3 is 6.03 Å². The fourth-order valence-corrected chi connectivity index (χ4v) is 5.26. The van der Waals surface area contributed by atoms with Crippen LogP contribution in [0, 0.1) is 5.92 Å². The topological polar surface area (TPSA) is 68.8 Å². The molecule has 7 nitrogen and oxygen atoms in total. The minimum atomic E-state index is 0.0470. The Morgan fingerprint density at radius 2 is 1.68 bits per heavy atom. The minimum absolute atomic E-state index is 0.0470. The van der Waals surface area contributed by atoms with Crippen molar-refractivity contribution in [3.8, 4) is 0 Å². The maximum atomic E-state index is 12.8. The lowest BCUT2D eigenvalue weighted by atomic mass is 9.87. The Morgan fingerprint density at radius 3 is 2.32 bits per heavy atom. The predicted octanol–water partition coefficient (Wildman–Crippen LogP) is 3.04. The number of piperazine rings is 1. The summed E-state index contributed by atoms with van der Waals surface area (Å²) in [6.45, 7) is 6.99. The number of hydrogen-bond acceptors (Lipinski definition) is 4.